The molecule has 2 aliphatic rings. The molecule has 0 aromatic heterocycles. The normalized spacial score (nSPS) is 27.4. The first-order valence-corrected chi connectivity index (χ1v) is 7.81. The summed E-state index contributed by atoms with van der Waals surface area (Å²) < 4.78 is 11.7. The summed E-state index contributed by atoms with van der Waals surface area (Å²) in [6.45, 7) is 7.08. The highest BCUT2D eigenvalue weighted by atomic mass is 16.5. The zero-order valence-electron chi connectivity index (χ0n) is 12.7. The van der Waals surface area contributed by atoms with Gasteiger partial charge in [0.2, 0.25) is 0 Å². The lowest BCUT2D eigenvalue weighted by molar-refractivity contribution is -0.159. The molecule has 1 unspecified atom stereocenters. The van der Waals surface area contributed by atoms with Crippen molar-refractivity contribution in [2.24, 2.45) is 5.92 Å². The number of carbonyl (C=O) groups excluding carboxylic acids is 1. The van der Waals surface area contributed by atoms with Crippen molar-refractivity contribution in [3.63, 3.8) is 0 Å². The Morgan fingerprint density at radius 1 is 1.32 bits per heavy atom. The molecule has 0 bridgehead atoms. The number of hydrogen-bond acceptors (Lipinski definition) is 3. The summed E-state index contributed by atoms with van der Waals surface area (Å²) in [6, 6.07) is 0. The maximum absolute atomic E-state index is 12.7. The minimum atomic E-state index is -0.646. The van der Waals surface area contributed by atoms with Crippen LogP contribution < -0.4 is 0 Å². The van der Waals surface area contributed by atoms with Crippen LogP contribution in [0.3, 0.4) is 0 Å². The van der Waals surface area contributed by atoms with Gasteiger partial charge in [0.25, 0.3) is 0 Å². The Labute approximate surface area is 117 Å². The van der Waals surface area contributed by atoms with E-state index in [1.165, 1.54) is 19.3 Å². The highest BCUT2D eigenvalue weighted by Crippen LogP contribution is 2.41. The summed E-state index contributed by atoms with van der Waals surface area (Å²) in [5.41, 5.74) is -0.647. The molecule has 19 heavy (non-hydrogen) atoms. The molecule has 110 valence electrons. The highest BCUT2D eigenvalue weighted by molar-refractivity contribution is 5.88. The van der Waals surface area contributed by atoms with E-state index in [0.29, 0.717) is 6.61 Å². The van der Waals surface area contributed by atoms with Crippen molar-refractivity contribution in [1.82, 2.24) is 0 Å². The van der Waals surface area contributed by atoms with Gasteiger partial charge in [-0.2, -0.15) is 0 Å². The Morgan fingerprint density at radius 2 is 2.00 bits per heavy atom. The maximum Gasteiger partial charge on any atom is 0.167 e. The van der Waals surface area contributed by atoms with Crippen LogP contribution in [0.15, 0.2) is 0 Å². The fourth-order valence-electron chi connectivity index (χ4n) is 3.72. The molecule has 2 fully saturated rings. The number of Topliss-reactive ketones (excluding diaryl/α,β-unsaturated/α-hetero) is 1. The molecule has 1 aliphatic carbocycles. The van der Waals surface area contributed by atoms with E-state index in [1.807, 2.05) is 20.8 Å². The molecular weight excluding hydrogens is 240 g/mol. The molecule has 0 radical (unpaired) electrons. The van der Waals surface area contributed by atoms with Crippen LogP contribution in [0.2, 0.25) is 0 Å². The van der Waals surface area contributed by atoms with Crippen LogP contribution >= 0.6 is 0 Å². The third-order valence-corrected chi connectivity index (χ3v) is 4.73. The SMILES string of the molecule is CCOC(C)(C)C(=O)C1CCOC2(CCCCC2)C1. The highest BCUT2D eigenvalue weighted by Gasteiger charge is 2.44. The van der Waals surface area contributed by atoms with Crippen molar-refractivity contribution >= 4 is 5.78 Å². The van der Waals surface area contributed by atoms with Crippen molar-refractivity contribution in [2.45, 2.75) is 76.9 Å². The molecular formula is C16H28O3. The van der Waals surface area contributed by atoms with Crippen LogP contribution in [0.1, 0.15) is 65.7 Å². The minimum Gasteiger partial charge on any atom is -0.375 e. The zero-order valence-corrected chi connectivity index (χ0v) is 12.7. The van der Waals surface area contributed by atoms with Crippen LogP contribution in [0, 0.1) is 5.92 Å². The van der Waals surface area contributed by atoms with Gasteiger partial charge in [0, 0.05) is 19.1 Å². The van der Waals surface area contributed by atoms with Crippen LogP contribution in [0.5, 0.6) is 0 Å². The molecule has 0 amide bonds. The molecule has 1 aliphatic heterocycles. The third-order valence-electron chi connectivity index (χ3n) is 4.73. The number of ether oxygens (including phenoxy) is 2. The van der Waals surface area contributed by atoms with E-state index in [1.54, 1.807) is 0 Å². The summed E-state index contributed by atoms with van der Waals surface area (Å²) in [5, 5.41) is 0. The summed E-state index contributed by atoms with van der Waals surface area (Å²) in [7, 11) is 0. The zero-order chi connectivity index (χ0) is 13.9. The monoisotopic (exact) mass is 268 g/mol. The van der Waals surface area contributed by atoms with E-state index in [-0.39, 0.29) is 17.3 Å². The van der Waals surface area contributed by atoms with Gasteiger partial charge in [0.05, 0.1) is 5.60 Å². The predicted octanol–water partition coefficient (Wildman–Crippen LogP) is 3.50. The predicted molar refractivity (Wildman–Crippen MR) is 75.2 cm³/mol. The molecule has 1 spiro atoms. The minimum absolute atomic E-state index is 0.000872. The first-order valence-electron chi connectivity index (χ1n) is 7.81. The summed E-state index contributed by atoms with van der Waals surface area (Å²) in [6.07, 6.45) is 7.83. The van der Waals surface area contributed by atoms with Gasteiger partial charge >= 0.3 is 0 Å². The number of ketones is 1. The van der Waals surface area contributed by atoms with Gasteiger partial charge in [0.1, 0.15) is 5.60 Å². The lowest BCUT2D eigenvalue weighted by atomic mass is 9.73. The first kappa shape index (κ1) is 15.0. The van der Waals surface area contributed by atoms with E-state index in [4.69, 9.17) is 9.47 Å². The number of hydrogen-bond donors (Lipinski definition) is 0. The van der Waals surface area contributed by atoms with Gasteiger partial charge in [0.15, 0.2) is 5.78 Å². The van der Waals surface area contributed by atoms with Crippen LogP contribution in [0.4, 0.5) is 0 Å². The smallest absolute Gasteiger partial charge is 0.167 e. The van der Waals surface area contributed by atoms with Gasteiger partial charge in [-0.3, -0.25) is 4.79 Å². The van der Waals surface area contributed by atoms with Crippen LogP contribution in [-0.2, 0) is 14.3 Å². The maximum atomic E-state index is 12.7. The second-order valence-electron chi connectivity index (χ2n) is 6.59. The van der Waals surface area contributed by atoms with E-state index in [9.17, 15) is 4.79 Å². The molecule has 3 nitrogen and oxygen atoms in total. The Kier molecular flexibility index (Phi) is 4.67. The largest absolute Gasteiger partial charge is 0.375 e. The number of carbonyl (C=O) groups is 1. The number of rotatable bonds is 4. The molecule has 0 aromatic carbocycles. The molecule has 0 aromatic rings. The van der Waals surface area contributed by atoms with E-state index >= 15 is 0 Å². The topological polar surface area (TPSA) is 35.5 Å². The van der Waals surface area contributed by atoms with Crippen molar-refractivity contribution in [2.75, 3.05) is 13.2 Å². The fraction of sp³-hybridized carbons (Fsp3) is 0.938. The van der Waals surface area contributed by atoms with Gasteiger partial charge in [-0.1, -0.05) is 19.3 Å². The third kappa shape index (κ3) is 3.38. The van der Waals surface area contributed by atoms with Gasteiger partial charge < -0.3 is 9.47 Å². The molecule has 1 atom stereocenters. The summed E-state index contributed by atoms with van der Waals surface area (Å²) >= 11 is 0. The fourth-order valence-corrected chi connectivity index (χ4v) is 3.72. The quantitative estimate of drug-likeness (QED) is 0.783. The molecule has 1 heterocycles. The molecule has 1 saturated carbocycles. The van der Waals surface area contributed by atoms with Gasteiger partial charge in [-0.25, -0.2) is 0 Å². The van der Waals surface area contributed by atoms with E-state index in [2.05, 4.69) is 0 Å². The van der Waals surface area contributed by atoms with Crippen LogP contribution in [0.25, 0.3) is 0 Å². The second-order valence-corrected chi connectivity index (χ2v) is 6.59. The Bertz CT molecular complexity index is 310. The second kappa shape index (κ2) is 5.92. The van der Waals surface area contributed by atoms with Crippen molar-refractivity contribution in [3.05, 3.63) is 0 Å². The standard InChI is InChI=1S/C16H28O3/c1-4-18-15(2,3)14(17)13-8-11-19-16(12-13)9-6-5-7-10-16/h13H,4-12H2,1-3H3. The van der Waals surface area contributed by atoms with Gasteiger partial charge in [-0.15, -0.1) is 0 Å². The van der Waals surface area contributed by atoms with Crippen molar-refractivity contribution < 1.29 is 14.3 Å². The van der Waals surface area contributed by atoms with Crippen LogP contribution in [-0.4, -0.2) is 30.2 Å². The molecule has 3 heteroatoms. The molecule has 1 saturated heterocycles. The van der Waals surface area contributed by atoms with E-state index in [0.717, 1.165) is 32.3 Å². The van der Waals surface area contributed by atoms with Gasteiger partial charge in [-0.05, 0) is 46.5 Å². The lowest BCUT2D eigenvalue weighted by Gasteiger charge is -2.44. The van der Waals surface area contributed by atoms with Crippen molar-refractivity contribution in [1.29, 1.82) is 0 Å². The Hall–Kier alpha value is -0.410. The average molecular weight is 268 g/mol. The van der Waals surface area contributed by atoms with Crippen molar-refractivity contribution in [3.8, 4) is 0 Å². The first-order chi connectivity index (χ1) is 8.99. The molecule has 2 rings (SSSR count). The Balaban J connectivity index is 2.02. The Morgan fingerprint density at radius 3 is 2.63 bits per heavy atom. The van der Waals surface area contributed by atoms with E-state index < -0.39 is 5.60 Å². The summed E-state index contributed by atoms with van der Waals surface area (Å²) in [5.74, 6) is 0.385. The molecule has 0 N–H and O–H groups in total. The summed E-state index contributed by atoms with van der Waals surface area (Å²) in [4.78, 5) is 12.7. The average Bonchev–Trinajstić information content (AvgIpc) is 2.39. The lowest BCUT2D eigenvalue weighted by Crippen LogP contribution is -2.48.